The Morgan fingerprint density at radius 1 is 0.496 bits per heavy atom. The summed E-state index contributed by atoms with van der Waals surface area (Å²) < 4.78 is 60.1. The molecule has 1 aromatic carbocycles. The van der Waals surface area contributed by atoms with Gasteiger partial charge in [0, 0.05) is 63.8 Å². The maximum atomic E-state index is 13.6. The molecule has 119 heavy (non-hydrogen) atoms. The number of aliphatic hydroxyl groups excluding tert-OH is 3. The van der Waals surface area contributed by atoms with Crippen molar-refractivity contribution < 1.29 is 124 Å². The van der Waals surface area contributed by atoms with Crippen LogP contribution in [0.5, 0.6) is 0 Å². The van der Waals surface area contributed by atoms with Gasteiger partial charge >= 0.3 is 42.2 Å². The number of β-amino-alcohol motifs (C(OH)–C–C–N with tert-alkyl or cyclic N) is 3. The smallest absolute Gasteiger partial charge is 0.408 e. The molecule has 9 aliphatic rings. The molecule has 8 amide bonds. The third-order valence-corrected chi connectivity index (χ3v) is 23.4. The van der Waals surface area contributed by atoms with Crippen LogP contribution in [0.2, 0.25) is 0 Å². The molecule has 3 aliphatic heterocycles. The molecule has 6 aliphatic carbocycles. The van der Waals surface area contributed by atoms with Crippen LogP contribution in [0.4, 0.5) is 14.4 Å². The van der Waals surface area contributed by atoms with Crippen molar-refractivity contribution in [1.29, 1.82) is 0 Å². The Kier molecular flexibility index (Phi) is 35.7. The van der Waals surface area contributed by atoms with Crippen molar-refractivity contribution in [2.24, 2.45) is 39.7 Å². The number of carboxylic acids is 2. The number of aliphatic hydroxyl groups is 3. The zero-order chi connectivity index (χ0) is 90.1. The highest BCUT2D eigenvalue weighted by molar-refractivity contribution is 7.85. The predicted molar refractivity (Wildman–Crippen MR) is 434 cm³/mol. The van der Waals surface area contributed by atoms with Gasteiger partial charge in [0.2, 0.25) is 29.5 Å². The number of carbonyl (C=O) groups excluding carboxylic acids is 10. The summed E-state index contributed by atoms with van der Waals surface area (Å²) in [6.07, 6.45) is 11.7. The van der Waals surface area contributed by atoms with Crippen LogP contribution in [0.1, 0.15) is 204 Å². The minimum atomic E-state index is -4.02. The number of benzene rings is 1. The highest BCUT2D eigenvalue weighted by Gasteiger charge is 2.63. The fraction of sp³-hybridized carbons (Fsp3) is 0.711. The molecule has 3 heterocycles. The summed E-state index contributed by atoms with van der Waals surface area (Å²) in [6, 6.07) is -0.0456. The fourth-order valence-electron chi connectivity index (χ4n) is 14.8. The Morgan fingerprint density at radius 2 is 0.798 bits per heavy atom. The number of amides is 8. The van der Waals surface area contributed by atoms with Crippen LogP contribution >= 0.6 is 0 Å². The van der Waals surface area contributed by atoms with Crippen molar-refractivity contribution in [3.63, 3.8) is 0 Å². The number of nitrogens with one attached hydrogen (secondary N) is 5. The van der Waals surface area contributed by atoms with E-state index < -0.39 is 169 Å². The quantitative estimate of drug-likeness (QED) is 0.0278. The summed E-state index contributed by atoms with van der Waals surface area (Å²) in [7, 11) is 0.276. The van der Waals surface area contributed by atoms with Crippen LogP contribution < -0.4 is 32.3 Å². The zero-order valence-corrected chi connectivity index (χ0v) is 72.7. The Morgan fingerprint density at radius 3 is 1.06 bits per heavy atom. The second-order valence-corrected chi connectivity index (χ2v) is 37.7. The maximum absolute atomic E-state index is 13.6. The standard InChI is InChI=1S/C24H37N3O7.C23H35N3O7.C17H28N2O6.C7H11NO2.C7H8O3S.C5H12O/c1-6-14-12-24(14,21(31)33-5)26-19(29)17-11-15(28)13-27(17)20(30)18(23(2,3)4)25-22(32)34-16-9-7-8-10-16;1-5-13-11-23(13,20(30)31)25-18(28)16-10-14(27)12-26(16)19(29)17(22(2,3)4)24-21(32)33-15-8-6-7-9-15;1-17(2,3)13(18-16(24)25-11-6-4-5-7-11)14(21)19-9-10(20)8-12(19)15(22)23;1-3-5-4-7(5,8)6(9)10-2;1-6-2-4-7(5-3-6)11(8,9)10;1-5(2,3)6-4/h6,14-18,28H,1,7-13H2,2-5H3,(H,25,32)(H,26,29);5,13-17,27H,1,6-12H2,2-4H3,(H,24,32)(H,25,28)(H,30,31);10-13,20H,4-9H2,1-3H3,(H,18,24)(H,22,23);3,5H,1,4,8H2,2H3;2-5H,1H3,(H,8,9,10);1-4H3/t14-,15+,17+,18-,24-;13-,14+,16+,17-,23-;10-,12-,13+;5-,7-;;/m1101../s1. The molecule has 1 aromatic rings. The van der Waals surface area contributed by atoms with Crippen molar-refractivity contribution in [2.45, 2.75) is 306 Å². The molecule has 0 unspecified atom stereocenters. The van der Waals surface area contributed by atoms with E-state index in [-0.39, 0.29) is 91.9 Å². The van der Waals surface area contributed by atoms with Crippen LogP contribution in [-0.4, -0.2) is 261 Å². The van der Waals surface area contributed by atoms with Crippen molar-refractivity contribution in [1.82, 2.24) is 41.3 Å². The van der Waals surface area contributed by atoms with E-state index in [0.29, 0.717) is 12.8 Å². The molecule has 3 saturated heterocycles. The molecular formula is C83H131N9O26S. The Balaban J connectivity index is 0.000000276. The predicted octanol–water partition coefficient (Wildman–Crippen LogP) is 6.29. The summed E-state index contributed by atoms with van der Waals surface area (Å²) in [4.78, 5) is 153. The topological polar surface area (TPSA) is 512 Å². The fourth-order valence-corrected chi connectivity index (χ4v) is 15.3. The molecule has 0 aromatic heterocycles. The van der Waals surface area contributed by atoms with Crippen molar-refractivity contribution in [2.75, 3.05) is 41.0 Å². The second kappa shape index (κ2) is 42.1. The van der Waals surface area contributed by atoms with Crippen LogP contribution in [-0.2, 0) is 81.7 Å². The first-order valence-corrected chi connectivity index (χ1v) is 42.0. The third kappa shape index (κ3) is 28.4. The van der Waals surface area contributed by atoms with E-state index >= 15 is 0 Å². The van der Waals surface area contributed by atoms with Crippen LogP contribution in [0.3, 0.4) is 0 Å². The van der Waals surface area contributed by atoms with E-state index in [1.54, 1.807) is 93.7 Å². The van der Waals surface area contributed by atoms with Gasteiger partial charge in [-0.25, -0.2) is 28.8 Å². The van der Waals surface area contributed by atoms with Gasteiger partial charge in [-0.05, 0) is 152 Å². The van der Waals surface area contributed by atoms with Gasteiger partial charge in [0.05, 0.1) is 43.0 Å². The summed E-state index contributed by atoms with van der Waals surface area (Å²) in [6.45, 7) is 34.7. The highest BCUT2D eigenvalue weighted by atomic mass is 32.2. The molecule has 35 nitrogen and oxygen atoms in total. The molecule has 670 valence electrons. The molecule has 10 rings (SSSR count). The number of esters is 2. The van der Waals surface area contributed by atoms with Gasteiger partial charge in [-0.3, -0.25) is 33.3 Å². The van der Waals surface area contributed by atoms with Gasteiger partial charge < -0.3 is 101 Å². The number of methoxy groups -OCH3 is 3. The monoisotopic (exact) mass is 1700 g/mol. The lowest BCUT2D eigenvalue weighted by Gasteiger charge is -2.35. The van der Waals surface area contributed by atoms with Crippen LogP contribution in [0.15, 0.2) is 67.1 Å². The normalized spacial score (nSPS) is 27.1. The number of hydrogen-bond acceptors (Lipinski definition) is 24. The summed E-state index contributed by atoms with van der Waals surface area (Å²) >= 11 is 0. The third-order valence-electron chi connectivity index (χ3n) is 22.5. The van der Waals surface area contributed by atoms with Gasteiger partial charge in [-0.15, -0.1) is 19.7 Å². The number of nitrogens with zero attached hydrogens (tertiary/aromatic N) is 3. The number of hydrogen-bond donors (Lipinski definition) is 12. The zero-order valence-electron chi connectivity index (χ0n) is 71.8. The minimum Gasteiger partial charge on any atom is -0.480 e. The number of alkyl carbamates (subject to hydrolysis) is 3. The first-order valence-electron chi connectivity index (χ1n) is 40.5. The number of ether oxygens (including phenoxy) is 6. The lowest BCUT2D eigenvalue weighted by molar-refractivity contribution is -0.150. The van der Waals surface area contributed by atoms with Gasteiger partial charge in [0.25, 0.3) is 10.1 Å². The average Bonchev–Trinajstić information content (AvgIpc) is 1.57. The van der Waals surface area contributed by atoms with Gasteiger partial charge in [0.15, 0.2) is 0 Å². The molecule has 15 atom stereocenters. The summed E-state index contributed by atoms with van der Waals surface area (Å²) in [5.74, 6) is -6.53. The molecule has 0 radical (unpaired) electrons. The van der Waals surface area contributed by atoms with E-state index in [2.05, 4.69) is 51.1 Å². The lowest BCUT2D eigenvalue weighted by Crippen LogP contribution is -2.59. The number of aryl methyl sites for hydroxylation is 1. The Hall–Kier alpha value is -8.81. The molecule has 36 heteroatoms. The summed E-state index contributed by atoms with van der Waals surface area (Å²) in [5.41, 5.74) is 1.19. The number of aliphatic carboxylic acids is 2. The van der Waals surface area contributed by atoms with E-state index in [1.807, 2.05) is 27.7 Å². The van der Waals surface area contributed by atoms with Crippen LogP contribution in [0, 0.1) is 40.9 Å². The molecule has 0 bridgehead atoms. The van der Waals surface area contributed by atoms with Crippen molar-refractivity contribution in [3.05, 3.63) is 67.8 Å². The van der Waals surface area contributed by atoms with Crippen molar-refractivity contribution in [3.8, 4) is 0 Å². The van der Waals surface area contributed by atoms with Crippen LogP contribution in [0.25, 0.3) is 0 Å². The Labute approximate surface area is 698 Å². The molecule has 0 spiro atoms. The molecule has 9 fully saturated rings. The SMILES string of the molecule is C=C[C@@H]1C[C@]1(N)C(=O)OC.C=C[C@@H]1C[C@]1(NC(=O)[C@@H]1C[C@H](O)CN1C(=O)[C@@H](NC(=O)OC1CCCC1)C(C)(C)C)C(=O)O.C=C[C@@H]1C[C@]1(NC(=O)[C@@H]1C[C@H](O)CN1C(=O)[C@@H](NC(=O)OC1CCCC1)C(C)(C)C)C(=O)OC.CC(C)(C)[C@H](NC(=O)OC1CCCC1)C(=O)N1C[C@@H](O)C[C@H]1C(=O)O.COC(C)(C)C.Cc1ccc(S(=O)(=O)O)cc1. The van der Waals surface area contributed by atoms with E-state index in [4.69, 9.17) is 34.0 Å². The highest BCUT2D eigenvalue weighted by Crippen LogP contribution is 2.47. The maximum Gasteiger partial charge on any atom is 0.408 e. The number of rotatable bonds is 21. The lowest BCUT2D eigenvalue weighted by atomic mass is 9.85. The average molecular weight is 1700 g/mol. The first kappa shape index (κ1) is 101. The number of carbonyl (C=O) groups is 12. The Bertz CT molecular complexity index is 3870. The minimum absolute atomic E-state index is 0.00947. The van der Waals surface area contributed by atoms with E-state index in [1.165, 1.54) is 42.2 Å². The number of likely N-dealkylation sites (tertiary alicyclic amines) is 3. The number of nitrogens with two attached hydrogens (primary N) is 1. The molecule has 13 N–H and O–H groups in total. The second-order valence-electron chi connectivity index (χ2n) is 36.3. The molecule has 6 saturated carbocycles. The van der Waals surface area contributed by atoms with Crippen molar-refractivity contribution >= 4 is 81.8 Å². The van der Waals surface area contributed by atoms with E-state index in [0.717, 1.165) is 87.5 Å². The molecular weight excluding hydrogens is 1570 g/mol. The first-order chi connectivity index (χ1) is 55.1. The van der Waals surface area contributed by atoms with Gasteiger partial charge in [-0.2, -0.15) is 8.42 Å². The number of carboxylic acid groups (broad SMARTS) is 2. The largest absolute Gasteiger partial charge is 0.480 e. The summed E-state index contributed by atoms with van der Waals surface area (Å²) in [5, 5.41) is 62.4. The van der Waals surface area contributed by atoms with Gasteiger partial charge in [-0.1, -0.05) is 98.2 Å². The van der Waals surface area contributed by atoms with Gasteiger partial charge in [0.1, 0.15) is 71.2 Å². The van der Waals surface area contributed by atoms with E-state index in [9.17, 15) is 91.5 Å².